The maximum absolute atomic E-state index is 13.2. The van der Waals surface area contributed by atoms with E-state index >= 15 is 0 Å². The summed E-state index contributed by atoms with van der Waals surface area (Å²) in [7, 11) is 0. The number of carbonyl (C=O) groups excluding carboxylic acids is 1. The number of hydrogen-bond donors (Lipinski definition) is 1. The first kappa shape index (κ1) is 18.8. The van der Waals surface area contributed by atoms with Crippen molar-refractivity contribution in [3.05, 3.63) is 107 Å². The predicted molar refractivity (Wildman–Crippen MR) is 107 cm³/mol. The summed E-state index contributed by atoms with van der Waals surface area (Å²) in [5, 5.41) is 11.7. The average molecular weight is 408 g/mol. The van der Waals surface area contributed by atoms with E-state index in [1.54, 1.807) is 24.3 Å². The van der Waals surface area contributed by atoms with E-state index < -0.39 is 11.9 Å². The fourth-order valence-electron chi connectivity index (χ4n) is 2.81. The Balaban J connectivity index is 1.65. The Morgan fingerprint density at radius 1 is 0.931 bits per heavy atom. The number of rotatable bonds is 5. The van der Waals surface area contributed by atoms with E-state index in [1.165, 1.54) is 24.3 Å². The average Bonchev–Trinajstić information content (AvgIpc) is 3.23. The van der Waals surface area contributed by atoms with Crippen LogP contribution in [0.1, 0.15) is 27.9 Å². The summed E-state index contributed by atoms with van der Waals surface area (Å²) in [6.07, 6.45) is 0. The summed E-state index contributed by atoms with van der Waals surface area (Å²) in [5.74, 6) is -0.249. The zero-order valence-electron chi connectivity index (χ0n) is 15.0. The molecule has 0 saturated carbocycles. The number of amides is 1. The van der Waals surface area contributed by atoms with Crippen LogP contribution in [0.5, 0.6) is 0 Å². The lowest BCUT2D eigenvalue weighted by molar-refractivity contribution is 0.0938. The van der Waals surface area contributed by atoms with Gasteiger partial charge in [-0.2, -0.15) is 0 Å². The molecule has 3 aromatic carbocycles. The van der Waals surface area contributed by atoms with Gasteiger partial charge in [0.25, 0.3) is 5.91 Å². The summed E-state index contributed by atoms with van der Waals surface area (Å²) >= 11 is 5.92. The summed E-state index contributed by atoms with van der Waals surface area (Å²) < 4.78 is 19.0. The molecule has 7 heteroatoms. The molecule has 0 spiro atoms. The summed E-state index contributed by atoms with van der Waals surface area (Å²) in [4.78, 5) is 12.7. The summed E-state index contributed by atoms with van der Waals surface area (Å²) in [6, 6.07) is 20.9. The zero-order valence-corrected chi connectivity index (χ0v) is 15.8. The van der Waals surface area contributed by atoms with Gasteiger partial charge in [-0.25, -0.2) is 4.39 Å². The molecule has 1 heterocycles. The van der Waals surface area contributed by atoms with E-state index in [4.69, 9.17) is 16.0 Å². The molecular weight excluding hydrogens is 393 g/mol. The molecule has 0 aliphatic carbocycles. The van der Waals surface area contributed by atoms with Gasteiger partial charge in [0.2, 0.25) is 11.8 Å². The molecule has 0 radical (unpaired) electrons. The van der Waals surface area contributed by atoms with Crippen molar-refractivity contribution >= 4 is 17.5 Å². The molecule has 1 amide bonds. The second-order valence-corrected chi connectivity index (χ2v) is 6.71. The smallest absolute Gasteiger partial charge is 0.252 e. The topological polar surface area (TPSA) is 68.0 Å². The number of benzene rings is 3. The van der Waals surface area contributed by atoms with Crippen LogP contribution in [0.2, 0.25) is 5.02 Å². The van der Waals surface area contributed by atoms with E-state index in [0.717, 1.165) is 5.56 Å². The Morgan fingerprint density at radius 3 is 2.31 bits per heavy atom. The van der Waals surface area contributed by atoms with Crippen LogP contribution in [0.3, 0.4) is 0 Å². The van der Waals surface area contributed by atoms with Crippen molar-refractivity contribution < 1.29 is 13.6 Å². The van der Waals surface area contributed by atoms with Gasteiger partial charge in [0.1, 0.15) is 11.9 Å². The minimum atomic E-state index is -0.665. The Kier molecular flexibility index (Phi) is 5.35. The third kappa shape index (κ3) is 4.33. The summed E-state index contributed by atoms with van der Waals surface area (Å²) in [5.41, 5.74) is 1.81. The lowest BCUT2D eigenvalue weighted by Crippen LogP contribution is -2.29. The molecule has 1 N–H and O–H groups in total. The molecule has 1 atom stereocenters. The standard InChI is InChI=1S/C22H15ClFN3O2/c23-17-10-6-16(7-11-17)21-26-27-22(29-21)19(14-4-2-1-3-5-14)25-20(28)15-8-12-18(24)13-9-15/h1-13,19H,(H,25,28). The van der Waals surface area contributed by atoms with Gasteiger partial charge in [-0.15, -0.1) is 10.2 Å². The van der Waals surface area contributed by atoms with Crippen molar-refractivity contribution in [3.63, 3.8) is 0 Å². The minimum Gasteiger partial charge on any atom is -0.418 e. The maximum atomic E-state index is 13.2. The van der Waals surface area contributed by atoms with Crippen molar-refractivity contribution in [2.75, 3.05) is 0 Å². The Bertz CT molecular complexity index is 1110. The van der Waals surface area contributed by atoms with Gasteiger partial charge in [-0.1, -0.05) is 41.9 Å². The molecule has 0 bridgehead atoms. The molecule has 1 aromatic heterocycles. The summed E-state index contributed by atoms with van der Waals surface area (Å²) in [6.45, 7) is 0. The second kappa shape index (κ2) is 8.24. The number of carbonyl (C=O) groups is 1. The number of nitrogens with zero attached hydrogens (tertiary/aromatic N) is 2. The molecule has 5 nitrogen and oxygen atoms in total. The molecule has 4 aromatic rings. The highest BCUT2D eigenvalue weighted by Gasteiger charge is 2.24. The number of aromatic nitrogens is 2. The predicted octanol–water partition coefficient (Wildman–Crippen LogP) is 5.05. The highest BCUT2D eigenvalue weighted by molar-refractivity contribution is 6.30. The van der Waals surface area contributed by atoms with Crippen LogP contribution < -0.4 is 5.32 Å². The van der Waals surface area contributed by atoms with E-state index in [9.17, 15) is 9.18 Å². The van der Waals surface area contributed by atoms with E-state index in [2.05, 4.69) is 15.5 Å². The van der Waals surface area contributed by atoms with Crippen molar-refractivity contribution in [1.29, 1.82) is 0 Å². The van der Waals surface area contributed by atoms with E-state index in [-0.39, 0.29) is 11.8 Å². The van der Waals surface area contributed by atoms with Crippen molar-refractivity contribution in [3.8, 4) is 11.5 Å². The van der Waals surface area contributed by atoms with Crippen LogP contribution >= 0.6 is 11.6 Å². The molecule has 144 valence electrons. The first-order valence-corrected chi connectivity index (χ1v) is 9.18. The van der Waals surface area contributed by atoms with Gasteiger partial charge in [0, 0.05) is 16.1 Å². The van der Waals surface area contributed by atoms with Crippen LogP contribution in [-0.2, 0) is 0 Å². The number of nitrogens with one attached hydrogen (secondary N) is 1. The van der Waals surface area contributed by atoms with Crippen molar-refractivity contribution in [1.82, 2.24) is 15.5 Å². The van der Waals surface area contributed by atoms with Crippen molar-refractivity contribution in [2.24, 2.45) is 0 Å². The normalized spacial score (nSPS) is 11.8. The van der Waals surface area contributed by atoms with Crippen LogP contribution in [0.4, 0.5) is 4.39 Å². The molecule has 0 fully saturated rings. The highest BCUT2D eigenvalue weighted by Crippen LogP contribution is 2.26. The van der Waals surface area contributed by atoms with Gasteiger partial charge in [0.05, 0.1) is 0 Å². The second-order valence-electron chi connectivity index (χ2n) is 6.28. The molecule has 0 aliphatic rings. The Hall–Kier alpha value is -3.51. The van der Waals surface area contributed by atoms with Gasteiger partial charge < -0.3 is 9.73 Å². The minimum absolute atomic E-state index is 0.233. The SMILES string of the molecule is O=C(NC(c1ccccc1)c1nnc(-c2ccc(Cl)cc2)o1)c1ccc(F)cc1. The lowest BCUT2D eigenvalue weighted by atomic mass is 10.1. The van der Waals surface area contributed by atoms with Crippen LogP contribution in [-0.4, -0.2) is 16.1 Å². The number of hydrogen-bond acceptors (Lipinski definition) is 4. The van der Waals surface area contributed by atoms with Gasteiger partial charge in [-0.3, -0.25) is 4.79 Å². The molecule has 4 rings (SSSR count). The fourth-order valence-corrected chi connectivity index (χ4v) is 2.94. The zero-order chi connectivity index (χ0) is 20.2. The Labute approximate surface area is 171 Å². The van der Waals surface area contributed by atoms with Gasteiger partial charge in [-0.05, 0) is 54.1 Å². The molecule has 0 saturated heterocycles. The van der Waals surface area contributed by atoms with E-state index in [0.29, 0.717) is 22.0 Å². The van der Waals surface area contributed by atoms with Crippen LogP contribution in [0.15, 0.2) is 83.3 Å². The van der Waals surface area contributed by atoms with Crippen LogP contribution in [0, 0.1) is 5.82 Å². The largest absolute Gasteiger partial charge is 0.418 e. The fraction of sp³-hybridized carbons (Fsp3) is 0.0455. The maximum Gasteiger partial charge on any atom is 0.252 e. The van der Waals surface area contributed by atoms with Gasteiger partial charge in [0.15, 0.2) is 0 Å². The number of halogens is 2. The van der Waals surface area contributed by atoms with Crippen molar-refractivity contribution in [2.45, 2.75) is 6.04 Å². The molecule has 29 heavy (non-hydrogen) atoms. The first-order valence-electron chi connectivity index (χ1n) is 8.81. The van der Waals surface area contributed by atoms with Crippen LogP contribution in [0.25, 0.3) is 11.5 Å². The Morgan fingerprint density at radius 2 is 1.62 bits per heavy atom. The third-order valence-electron chi connectivity index (χ3n) is 4.29. The first-order chi connectivity index (χ1) is 14.1. The lowest BCUT2D eigenvalue weighted by Gasteiger charge is -2.15. The quantitative estimate of drug-likeness (QED) is 0.502. The van der Waals surface area contributed by atoms with Gasteiger partial charge >= 0.3 is 0 Å². The molecular formula is C22H15ClFN3O2. The monoisotopic (exact) mass is 407 g/mol. The van der Waals surface area contributed by atoms with E-state index in [1.807, 2.05) is 30.3 Å². The third-order valence-corrected chi connectivity index (χ3v) is 4.55. The molecule has 1 unspecified atom stereocenters. The molecule has 0 aliphatic heterocycles. The highest BCUT2D eigenvalue weighted by atomic mass is 35.5.